The second kappa shape index (κ2) is 10.2. The zero-order valence-electron chi connectivity index (χ0n) is 22.3. The molecule has 0 amide bonds. The largest absolute Gasteiger partial charge is 0.311 e. The first-order valence-electron chi connectivity index (χ1n) is 13.6. The van der Waals surface area contributed by atoms with Crippen molar-refractivity contribution in [2.45, 2.75) is 6.92 Å². The highest BCUT2D eigenvalue weighted by molar-refractivity contribution is 6.21. The fraction of sp³-hybridized carbons (Fsp3) is 0.0263. The van der Waals surface area contributed by atoms with Crippen molar-refractivity contribution in [3.05, 3.63) is 157 Å². The number of aryl methyl sites for hydroxylation is 1. The third-order valence-electron chi connectivity index (χ3n) is 7.54. The molecule has 1 heterocycles. The van der Waals surface area contributed by atoms with E-state index in [4.69, 9.17) is 4.98 Å². The third-order valence-corrected chi connectivity index (χ3v) is 7.54. The summed E-state index contributed by atoms with van der Waals surface area (Å²) in [5, 5.41) is 4.89. The van der Waals surface area contributed by atoms with E-state index in [-0.39, 0.29) is 0 Å². The molecule has 1 aromatic heterocycles. The Balaban J connectivity index is 1.43. The van der Waals surface area contributed by atoms with Gasteiger partial charge in [0.15, 0.2) is 0 Å². The van der Waals surface area contributed by atoms with Gasteiger partial charge in [-0.1, -0.05) is 103 Å². The van der Waals surface area contributed by atoms with E-state index in [1.165, 1.54) is 38.2 Å². The SMILES string of the molecule is Cc1ccc(-c2c3ccccc3c(-c3ccc(N(c4ccccc4)c4ccccc4)cc3)c3ccccc23)nc1. The van der Waals surface area contributed by atoms with E-state index in [0.717, 1.165) is 28.3 Å². The average Bonchev–Trinajstić information content (AvgIpc) is 3.02. The third kappa shape index (κ3) is 4.20. The molecule has 0 spiro atoms. The molecule has 2 nitrogen and oxygen atoms in total. The molecule has 0 bridgehead atoms. The summed E-state index contributed by atoms with van der Waals surface area (Å²) in [6.45, 7) is 2.08. The van der Waals surface area contributed by atoms with Crippen LogP contribution in [0.4, 0.5) is 17.1 Å². The van der Waals surface area contributed by atoms with E-state index >= 15 is 0 Å². The Morgan fingerprint density at radius 1 is 0.425 bits per heavy atom. The second-order valence-electron chi connectivity index (χ2n) is 10.1. The fourth-order valence-corrected chi connectivity index (χ4v) is 5.71. The predicted octanol–water partition coefficient (Wildman–Crippen LogP) is 10.5. The Kier molecular flexibility index (Phi) is 6.07. The molecule has 0 fully saturated rings. The molecule has 190 valence electrons. The number of fused-ring (bicyclic) bond motifs is 2. The lowest BCUT2D eigenvalue weighted by atomic mass is 9.87. The number of hydrogen-bond donors (Lipinski definition) is 0. The molecule has 7 rings (SSSR count). The number of benzene rings is 6. The van der Waals surface area contributed by atoms with Crippen molar-refractivity contribution in [1.29, 1.82) is 0 Å². The van der Waals surface area contributed by atoms with Gasteiger partial charge >= 0.3 is 0 Å². The minimum absolute atomic E-state index is 1.00. The maximum atomic E-state index is 4.83. The zero-order chi connectivity index (χ0) is 26.9. The Morgan fingerprint density at radius 3 is 1.35 bits per heavy atom. The summed E-state index contributed by atoms with van der Waals surface area (Å²) in [6.07, 6.45) is 1.96. The number of anilines is 3. The van der Waals surface area contributed by atoms with Crippen LogP contribution in [0.15, 0.2) is 152 Å². The van der Waals surface area contributed by atoms with E-state index in [1.807, 2.05) is 6.20 Å². The molecule has 0 radical (unpaired) electrons. The quantitative estimate of drug-likeness (QED) is 0.213. The number of pyridine rings is 1. The first-order valence-corrected chi connectivity index (χ1v) is 13.6. The molecule has 0 saturated carbocycles. The summed E-state index contributed by atoms with van der Waals surface area (Å²) >= 11 is 0. The maximum absolute atomic E-state index is 4.83. The lowest BCUT2D eigenvalue weighted by Gasteiger charge is -2.25. The molecule has 0 aliphatic rings. The van der Waals surface area contributed by atoms with Crippen LogP contribution in [-0.2, 0) is 0 Å². The molecular weight excluding hydrogens is 484 g/mol. The topological polar surface area (TPSA) is 16.1 Å². The number of aromatic nitrogens is 1. The summed E-state index contributed by atoms with van der Waals surface area (Å²) in [5.74, 6) is 0. The van der Waals surface area contributed by atoms with Crippen LogP contribution in [0.3, 0.4) is 0 Å². The van der Waals surface area contributed by atoms with Crippen molar-refractivity contribution in [2.75, 3.05) is 4.90 Å². The van der Waals surface area contributed by atoms with E-state index in [2.05, 4.69) is 157 Å². The molecular formula is C38H28N2. The fourth-order valence-electron chi connectivity index (χ4n) is 5.71. The first kappa shape index (κ1) is 23.9. The maximum Gasteiger partial charge on any atom is 0.0714 e. The molecule has 2 heteroatoms. The molecule has 0 saturated heterocycles. The highest BCUT2D eigenvalue weighted by atomic mass is 15.1. The first-order chi connectivity index (χ1) is 19.8. The van der Waals surface area contributed by atoms with Crippen LogP contribution < -0.4 is 4.90 Å². The van der Waals surface area contributed by atoms with Crippen molar-refractivity contribution < 1.29 is 0 Å². The molecule has 7 aromatic rings. The van der Waals surface area contributed by atoms with Crippen molar-refractivity contribution in [1.82, 2.24) is 4.98 Å². The summed E-state index contributed by atoms with van der Waals surface area (Å²) in [4.78, 5) is 7.13. The van der Waals surface area contributed by atoms with Crippen LogP contribution in [0.1, 0.15) is 5.56 Å². The van der Waals surface area contributed by atoms with Crippen LogP contribution >= 0.6 is 0 Å². The highest BCUT2D eigenvalue weighted by Gasteiger charge is 2.18. The summed E-state index contributed by atoms with van der Waals surface area (Å²) < 4.78 is 0. The number of hydrogen-bond acceptors (Lipinski definition) is 2. The number of rotatable bonds is 5. The van der Waals surface area contributed by atoms with Gasteiger partial charge in [0, 0.05) is 28.8 Å². The summed E-state index contributed by atoms with van der Waals surface area (Å²) in [5.41, 5.74) is 9.18. The minimum atomic E-state index is 1.00. The highest BCUT2D eigenvalue weighted by Crippen LogP contribution is 2.44. The van der Waals surface area contributed by atoms with Gasteiger partial charge in [-0.15, -0.1) is 0 Å². The lowest BCUT2D eigenvalue weighted by molar-refractivity contribution is 1.28. The normalized spacial score (nSPS) is 11.1. The van der Waals surface area contributed by atoms with Gasteiger partial charge in [0.1, 0.15) is 0 Å². The van der Waals surface area contributed by atoms with Crippen molar-refractivity contribution in [3.63, 3.8) is 0 Å². The van der Waals surface area contributed by atoms with Crippen LogP contribution in [0, 0.1) is 6.92 Å². The van der Waals surface area contributed by atoms with Gasteiger partial charge in [-0.3, -0.25) is 4.98 Å². The second-order valence-corrected chi connectivity index (χ2v) is 10.1. The van der Waals surface area contributed by atoms with Crippen molar-refractivity contribution in [3.8, 4) is 22.4 Å². The molecule has 0 aliphatic carbocycles. The molecule has 40 heavy (non-hydrogen) atoms. The van der Waals surface area contributed by atoms with Gasteiger partial charge in [-0.2, -0.15) is 0 Å². The smallest absolute Gasteiger partial charge is 0.0714 e. The van der Waals surface area contributed by atoms with Gasteiger partial charge in [0.25, 0.3) is 0 Å². The Morgan fingerprint density at radius 2 is 0.875 bits per heavy atom. The van der Waals surface area contributed by atoms with Gasteiger partial charge in [-0.05, 0) is 87.6 Å². The Hall–Kier alpha value is -5.21. The number of para-hydroxylation sites is 2. The number of nitrogens with zero attached hydrogens (tertiary/aromatic N) is 2. The molecule has 0 atom stereocenters. The van der Waals surface area contributed by atoms with Gasteiger partial charge in [-0.25, -0.2) is 0 Å². The van der Waals surface area contributed by atoms with E-state index < -0.39 is 0 Å². The zero-order valence-corrected chi connectivity index (χ0v) is 22.3. The standard InChI is InChI=1S/C38H28N2/c1-27-20-25-36(39-26-27)38-34-18-10-8-16-32(34)37(33-17-9-11-19-35(33)38)28-21-23-31(24-22-28)40(29-12-4-2-5-13-29)30-14-6-3-7-15-30/h2-26H,1H3. The van der Waals surface area contributed by atoms with Crippen LogP contribution in [0.2, 0.25) is 0 Å². The van der Waals surface area contributed by atoms with Gasteiger partial charge in [0.05, 0.1) is 5.69 Å². The average molecular weight is 513 g/mol. The van der Waals surface area contributed by atoms with Crippen molar-refractivity contribution in [2.24, 2.45) is 0 Å². The van der Waals surface area contributed by atoms with Crippen LogP contribution in [0.25, 0.3) is 43.9 Å². The lowest BCUT2D eigenvalue weighted by Crippen LogP contribution is -2.09. The van der Waals surface area contributed by atoms with Gasteiger partial charge < -0.3 is 4.90 Å². The molecule has 0 aliphatic heterocycles. The molecule has 6 aromatic carbocycles. The molecule has 0 unspecified atom stereocenters. The van der Waals surface area contributed by atoms with E-state index in [9.17, 15) is 0 Å². The minimum Gasteiger partial charge on any atom is -0.311 e. The summed E-state index contributed by atoms with van der Waals surface area (Å²) in [7, 11) is 0. The molecule has 0 N–H and O–H groups in total. The van der Waals surface area contributed by atoms with E-state index in [0.29, 0.717) is 0 Å². The monoisotopic (exact) mass is 512 g/mol. The van der Waals surface area contributed by atoms with E-state index in [1.54, 1.807) is 0 Å². The Labute approximate surface area is 234 Å². The van der Waals surface area contributed by atoms with Crippen LogP contribution in [-0.4, -0.2) is 4.98 Å². The Bertz CT molecular complexity index is 1830. The van der Waals surface area contributed by atoms with Crippen LogP contribution in [0.5, 0.6) is 0 Å². The predicted molar refractivity (Wildman–Crippen MR) is 170 cm³/mol. The summed E-state index contributed by atoms with van der Waals surface area (Å²) in [6, 6.07) is 51.8. The van der Waals surface area contributed by atoms with Gasteiger partial charge in [0.2, 0.25) is 0 Å². The van der Waals surface area contributed by atoms with Crippen molar-refractivity contribution >= 4 is 38.6 Å².